The van der Waals surface area contributed by atoms with Gasteiger partial charge in [-0.25, -0.2) is 0 Å². The second kappa shape index (κ2) is 5.31. The summed E-state index contributed by atoms with van der Waals surface area (Å²) in [4.78, 5) is 12.8. The molecule has 1 saturated heterocycles. The molecule has 1 fully saturated rings. The number of nitrogens with zero attached hydrogens (tertiary/aromatic N) is 2. The topological polar surface area (TPSA) is 82.8 Å². The summed E-state index contributed by atoms with van der Waals surface area (Å²) in [5, 5.41) is 6.39. The molecule has 0 aromatic carbocycles. The van der Waals surface area contributed by atoms with E-state index in [1.807, 2.05) is 4.90 Å². The Bertz CT molecular complexity index is 222. The Balaban J connectivity index is 2.25. The van der Waals surface area contributed by atoms with Gasteiger partial charge in [0.15, 0.2) is 0 Å². The van der Waals surface area contributed by atoms with E-state index in [9.17, 15) is 4.79 Å². The predicted octanol–water partition coefficient (Wildman–Crippen LogP) is -1.35. The third kappa shape index (κ3) is 3.12. The third-order valence-corrected chi connectivity index (χ3v) is 2.14. The van der Waals surface area contributed by atoms with Crippen molar-refractivity contribution in [1.29, 1.82) is 0 Å². The van der Waals surface area contributed by atoms with Crippen LogP contribution in [0.2, 0.25) is 0 Å². The first-order chi connectivity index (χ1) is 6.74. The van der Waals surface area contributed by atoms with Gasteiger partial charge >= 0.3 is 0 Å². The summed E-state index contributed by atoms with van der Waals surface area (Å²) in [5.74, 6) is 0.356. The number of nitrogens with one attached hydrogen (secondary N) is 2. The maximum atomic E-state index is 10.8. The molecule has 0 saturated carbocycles. The molecule has 80 valence electrons. The smallest absolute Gasteiger partial charge is 0.240 e. The molecule has 0 spiro atoms. The van der Waals surface area contributed by atoms with E-state index in [4.69, 9.17) is 5.73 Å². The van der Waals surface area contributed by atoms with E-state index in [1.54, 1.807) is 7.05 Å². The molecule has 1 amide bonds. The van der Waals surface area contributed by atoms with Gasteiger partial charge in [-0.05, 0) is 12.8 Å². The molecule has 6 nitrogen and oxygen atoms in total. The predicted molar refractivity (Wildman–Crippen MR) is 54.5 cm³/mol. The quantitative estimate of drug-likeness (QED) is 0.298. The van der Waals surface area contributed by atoms with Gasteiger partial charge < -0.3 is 16.0 Å². The van der Waals surface area contributed by atoms with Crippen molar-refractivity contribution in [2.45, 2.75) is 12.8 Å². The molecular formula is C8H17N5O. The van der Waals surface area contributed by atoms with Crippen LogP contribution in [0.1, 0.15) is 12.8 Å². The van der Waals surface area contributed by atoms with E-state index in [-0.39, 0.29) is 12.5 Å². The lowest BCUT2D eigenvalue weighted by Crippen LogP contribution is -2.38. The molecule has 0 aromatic heterocycles. The highest BCUT2D eigenvalue weighted by molar-refractivity contribution is 5.79. The van der Waals surface area contributed by atoms with Crippen molar-refractivity contribution < 1.29 is 4.79 Å². The highest BCUT2D eigenvalue weighted by Gasteiger charge is 2.13. The normalized spacial score (nSPS) is 16.9. The van der Waals surface area contributed by atoms with E-state index < -0.39 is 0 Å². The van der Waals surface area contributed by atoms with Crippen molar-refractivity contribution in [3.63, 3.8) is 0 Å². The lowest BCUT2D eigenvalue weighted by Gasteiger charge is -2.15. The number of guanidine groups is 1. The van der Waals surface area contributed by atoms with Crippen LogP contribution < -0.4 is 16.5 Å². The van der Waals surface area contributed by atoms with E-state index in [1.165, 1.54) is 0 Å². The van der Waals surface area contributed by atoms with Gasteiger partial charge in [0.2, 0.25) is 11.9 Å². The number of rotatable bonds is 3. The Morgan fingerprint density at radius 1 is 1.50 bits per heavy atom. The fraction of sp³-hybridized carbons (Fsp3) is 0.750. The summed E-state index contributed by atoms with van der Waals surface area (Å²) < 4.78 is 0. The number of carbonyl (C=O) groups excluding carboxylic acids is 1. The molecular weight excluding hydrogens is 182 g/mol. The maximum Gasteiger partial charge on any atom is 0.240 e. The Hall–Kier alpha value is -1.46. The maximum absolute atomic E-state index is 10.8. The lowest BCUT2D eigenvalue weighted by molar-refractivity contribution is -0.119. The van der Waals surface area contributed by atoms with Crippen molar-refractivity contribution in [3.05, 3.63) is 0 Å². The first kappa shape index (κ1) is 10.6. The second-order valence-corrected chi connectivity index (χ2v) is 3.17. The number of amides is 1. The van der Waals surface area contributed by atoms with Crippen molar-refractivity contribution in [2.24, 2.45) is 10.8 Å². The minimum absolute atomic E-state index is 0.108. The van der Waals surface area contributed by atoms with Gasteiger partial charge in [0.05, 0.1) is 0 Å². The average Bonchev–Trinajstić information content (AvgIpc) is 2.70. The van der Waals surface area contributed by atoms with Gasteiger partial charge in [-0.15, -0.1) is 5.10 Å². The fourth-order valence-corrected chi connectivity index (χ4v) is 1.30. The summed E-state index contributed by atoms with van der Waals surface area (Å²) in [5.41, 5.74) is 8.31. The Kier molecular flexibility index (Phi) is 4.03. The minimum Gasteiger partial charge on any atom is -0.368 e. The average molecular weight is 199 g/mol. The zero-order valence-corrected chi connectivity index (χ0v) is 8.42. The monoisotopic (exact) mass is 199 g/mol. The van der Waals surface area contributed by atoms with Gasteiger partial charge in [-0.3, -0.25) is 10.2 Å². The minimum atomic E-state index is -0.108. The Morgan fingerprint density at radius 3 is 2.71 bits per heavy atom. The fourth-order valence-electron chi connectivity index (χ4n) is 1.30. The van der Waals surface area contributed by atoms with Gasteiger partial charge in [0.25, 0.3) is 0 Å². The lowest BCUT2D eigenvalue weighted by atomic mass is 10.4. The number of hydrogen-bond acceptors (Lipinski definition) is 3. The van der Waals surface area contributed by atoms with Gasteiger partial charge in [-0.2, -0.15) is 0 Å². The molecule has 4 N–H and O–H groups in total. The third-order valence-electron chi connectivity index (χ3n) is 2.14. The van der Waals surface area contributed by atoms with E-state index >= 15 is 0 Å². The van der Waals surface area contributed by atoms with Gasteiger partial charge in [0, 0.05) is 20.1 Å². The first-order valence-electron chi connectivity index (χ1n) is 4.75. The number of hydrazone groups is 1. The highest BCUT2D eigenvalue weighted by atomic mass is 16.1. The molecule has 1 heterocycles. The molecule has 0 unspecified atom stereocenters. The standard InChI is InChI=1S/C8H17N5O/c1-10-7(14)6-11-12-8(9)13-4-2-3-5-13/h11H,2-6H2,1H3,(H2,9,12)(H,10,14). The number of likely N-dealkylation sites (tertiary alicyclic amines) is 1. The molecule has 1 aliphatic heterocycles. The summed E-state index contributed by atoms with van der Waals surface area (Å²) in [6.45, 7) is 2.07. The van der Waals surface area contributed by atoms with E-state index in [0.717, 1.165) is 25.9 Å². The Morgan fingerprint density at radius 2 is 2.14 bits per heavy atom. The summed E-state index contributed by atoms with van der Waals surface area (Å²) >= 11 is 0. The van der Waals surface area contributed by atoms with E-state index in [2.05, 4.69) is 15.8 Å². The number of likely N-dealkylation sites (N-methyl/N-ethyl adjacent to an activating group) is 1. The zero-order chi connectivity index (χ0) is 10.4. The van der Waals surface area contributed by atoms with Crippen LogP contribution in [-0.4, -0.2) is 43.4 Å². The first-order valence-corrected chi connectivity index (χ1v) is 4.75. The summed E-state index contributed by atoms with van der Waals surface area (Å²) in [6, 6.07) is 0. The van der Waals surface area contributed by atoms with Crippen LogP contribution in [-0.2, 0) is 4.79 Å². The van der Waals surface area contributed by atoms with Crippen molar-refractivity contribution in [2.75, 3.05) is 26.7 Å². The molecule has 1 rings (SSSR count). The number of hydrogen-bond donors (Lipinski definition) is 3. The van der Waals surface area contributed by atoms with Crippen LogP contribution in [0.25, 0.3) is 0 Å². The van der Waals surface area contributed by atoms with Crippen LogP contribution in [0, 0.1) is 0 Å². The van der Waals surface area contributed by atoms with Crippen molar-refractivity contribution in [1.82, 2.24) is 15.6 Å². The van der Waals surface area contributed by atoms with E-state index in [0.29, 0.717) is 5.96 Å². The molecule has 0 aliphatic carbocycles. The Labute approximate surface area is 83.5 Å². The van der Waals surface area contributed by atoms with Crippen molar-refractivity contribution in [3.8, 4) is 0 Å². The SMILES string of the molecule is CNC(=O)CN/N=C(\N)N1CCCC1. The zero-order valence-electron chi connectivity index (χ0n) is 8.42. The van der Waals surface area contributed by atoms with Crippen LogP contribution in [0.4, 0.5) is 0 Å². The molecule has 0 atom stereocenters. The van der Waals surface area contributed by atoms with Gasteiger partial charge in [-0.1, -0.05) is 0 Å². The second-order valence-electron chi connectivity index (χ2n) is 3.17. The largest absolute Gasteiger partial charge is 0.368 e. The molecule has 6 heteroatoms. The molecule has 0 radical (unpaired) electrons. The van der Waals surface area contributed by atoms with Crippen molar-refractivity contribution >= 4 is 11.9 Å². The number of carbonyl (C=O) groups is 1. The van der Waals surface area contributed by atoms with Crippen LogP contribution in [0.3, 0.4) is 0 Å². The van der Waals surface area contributed by atoms with Crippen LogP contribution in [0.15, 0.2) is 5.10 Å². The molecule has 0 bridgehead atoms. The van der Waals surface area contributed by atoms with Crippen LogP contribution in [0.5, 0.6) is 0 Å². The van der Waals surface area contributed by atoms with Crippen LogP contribution >= 0.6 is 0 Å². The molecule has 1 aliphatic rings. The summed E-state index contributed by atoms with van der Waals surface area (Å²) in [6.07, 6.45) is 2.32. The summed E-state index contributed by atoms with van der Waals surface area (Å²) in [7, 11) is 1.58. The number of nitrogens with two attached hydrogens (primary N) is 1. The van der Waals surface area contributed by atoms with Gasteiger partial charge in [0.1, 0.15) is 6.54 Å². The molecule has 14 heavy (non-hydrogen) atoms. The highest BCUT2D eigenvalue weighted by Crippen LogP contribution is 2.05. The molecule has 0 aromatic rings.